The van der Waals surface area contributed by atoms with E-state index in [1.54, 1.807) is 11.6 Å². The number of fused-ring (bicyclic) bond motifs is 1. The zero-order chi connectivity index (χ0) is 22.0. The number of ether oxygens (including phenoxy) is 1. The molecule has 0 spiro atoms. The van der Waals surface area contributed by atoms with Crippen molar-refractivity contribution < 1.29 is 9.84 Å². The Kier molecular flexibility index (Phi) is 5.59. The molecule has 31 heavy (non-hydrogen) atoms. The molecule has 160 valence electrons. The average Bonchev–Trinajstić information content (AvgIpc) is 3.14. The SMILES string of the molecule is Cn1c(=O)c2c(nc(NCCO)n2Cc2cccc(Oc3ccccc3)c2)n(C)c1=O. The molecule has 2 N–H and O–H groups in total. The van der Waals surface area contributed by atoms with E-state index in [-0.39, 0.29) is 18.8 Å². The lowest BCUT2D eigenvalue weighted by Crippen LogP contribution is -2.37. The number of nitrogens with one attached hydrogen (secondary N) is 1. The second-order valence-electron chi connectivity index (χ2n) is 7.11. The van der Waals surface area contributed by atoms with Crippen LogP contribution in [0.1, 0.15) is 5.56 Å². The van der Waals surface area contributed by atoms with Crippen LogP contribution in [-0.2, 0) is 20.6 Å². The van der Waals surface area contributed by atoms with E-state index in [0.717, 1.165) is 15.9 Å². The van der Waals surface area contributed by atoms with Gasteiger partial charge in [-0.1, -0.05) is 30.3 Å². The lowest BCUT2D eigenvalue weighted by Gasteiger charge is -2.12. The van der Waals surface area contributed by atoms with Crippen LogP contribution in [0.3, 0.4) is 0 Å². The van der Waals surface area contributed by atoms with E-state index >= 15 is 0 Å². The van der Waals surface area contributed by atoms with Crippen LogP contribution >= 0.6 is 0 Å². The molecule has 2 aromatic heterocycles. The molecule has 0 atom stereocenters. The second-order valence-corrected chi connectivity index (χ2v) is 7.11. The smallest absolute Gasteiger partial charge is 0.332 e. The summed E-state index contributed by atoms with van der Waals surface area (Å²) in [6.45, 7) is 0.485. The van der Waals surface area contributed by atoms with Crippen LogP contribution in [0.5, 0.6) is 11.5 Å². The van der Waals surface area contributed by atoms with Crippen molar-refractivity contribution in [3.05, 3.63) is 81.0 Å². The summed E-state index contributed by atoms with van der Waals surface area (Å²) in [6.07, 6.45) is 0. The Morgan fingerprint density at radius 3 is 2.48 bits per heavy atom. The van der Waals surface area contributed by atoms with Crippen molar-refractivity contribution in [1.29, 1.82) is 0 Å². The molecule has 0 unspecified atom stereocenters. The predicted molar refractivity (Wildman–Crippen MR) is 118 cm³/mol. The van der Waals surface area contributed by atoms with Crippen LogP contribution < -0.4 is 21.3 Å². The van der Waals surface area contributed by atoms with Gasteiger partial charge in [0.25, 0.3) is 5.56 Å². The molecule has 9 nitrogen and oxygen atoms in total. The van der Waals surface area contributed by atoms with Crippen LogP contribution in [-0.4, -0.2) is 36.9 Å². The molecule has 0 aliphatic carbocycles. The van der Waals surface area contributed by atoms with Gasteiger partial charge < -0.3 is 15.2 Å². The first-order valence-corrected chi connectivity index (χ1v) is 9.82. The van der Waals surface area contributed by atoms with Crippen LogP contribution in [0.15, 0.2) is 64.2 Å². The lowest BCUT2D eigenvalue weighted by atomic mass is 10.2. The summed E-state index contributed by atoms with van der Waals surface area (Å²) in [7, 11) is 3.02. The van der Waals surface area contributed by atoms with Gasteiger partial charge in [-0.2, -0.15) is 4.98 Å². The van der Waals surface area contributed by atoms with Crippen molar-refractivity contribution in [3.63, 3.8) is 0 Å². The molecule has 4 rings (SSSR count). The van der Waals surface area contributed by atoms with Gasteiger partial charge in [0.05, 0.1) is 13.2 Å². The second kappa shape index (κ2) is 8.49. The minimum absolute atomic E-state index is 0.0967. The van der Waals surface area contributed by atoms with Gasteiger partial charge in [-0.05, 0) is 29.8 Å². The molecule has 0 aliphatic rings. The number of anilines is 1. The quantitative estimate of drug-likeness (QED) is 0.471. The Labute approximate surface area is 177 Å². The fraction of sp³-hybridized carbons (Fsp3) is 0.227. The Morgan fingerprint density at radius 2 is 1.74 bits per heavy atom. The fourth-order valence-electron chi connectivity index (χ4n) is 3.42. The van der Waals surface area contributed by atoms with E-state index in [1.165, 1.54) is 11.6 Å². The van der Waals surface area contributed by atoms with E-state index < -0.39 is 11.2 Å². The standard InChI is InChI=1S/C22H23N5O4/c1-25-19-18(20(29)26(2)22(25)30)27(21(24-19)23-11-12-28)14-15-7-6-10-17(13-15)31-16-8-4-3-5-9-16/h3-10,13,28H,11-12,14H2,1-2H3,(H,23,24). The largest absolute Gasteiger partial charge is 0.457 e. The third-order valence-electron chi connectivity index (χ3n) is 4.96. The highest BCUT2D eigenvalue weighted by Crippen LogP contribution is 2.24. The average molecular weight is 421 g/mol. The molecule has 0 amide bonds. The number of aromatic nitrogens is 4. The Morgan fingerprint density at radius 1 is 1.00 bits per heavy atom. The summed E-state index contributed by atoms with van der Waals surface area (Å²) >= 11 is 0. The topological polar surface area (TPSA) is 103 Å². The number of benzene rings is 2. The molecular weight excluding hydrogens is 398 g/mol. The molecule has 2 heterocycles. The van der Waals surface area contributed by atoms with Crippen molar-refractivity contribution in [3.8, 4) is 11.5 Å². The van der Waals surface area contributed by atoms with E-state index in [2.05, 4.69) is 10.3 Å². The molecule has 0 aliphatic heterocycles. The summed E-state index contributed by atoms with van der Waals surface area (Å²) in [5.41, 5.74) is 0.591. The number of rotatable bonds is 7. The van der Waals surface area contributed by atoms with E-state index in [9.17, 15) is 14.7 Å². The van der Waals surface area contributed by atoms with Crippen molar-refractivity contribution in [2.45, 2.75) is 6.54 Å². The van der Waals surface area contributed by atoms with Gasteiger partial charge in [-0.15, -0.1) is 0 Å². The summed E-state index contributed by atoms with van der Waals surface area (Å²) in [5.74, 6) is 1.79. The number of nitrogens with zero attached hydrogens (tertiary/aromatic N) is 4. The molecule has 0 radical (unpaired) electrons. The molecule has 0 saturated heterocycles. The van der Waals surface area contributed by atoms with Gasteiger partial charge in [0.1, 0.15) is 11.5 Å². The predicted octanol–water partition coefficient (Wildman–Crippen LogP) is 1.68. The first kappa shape index (κ1) is 20.4. The van der Waals surface area contributed by atoms with Crippen LogP contribution in [0.2, 0.25) is 0 Å². The van der Waals surface area contributed by atoms with Gasteiger partial charge >= 0.3 is 5.69 Å². The van der Waals surface area contributed by atoms with E-state index in [0.29, 0.717) is 23.8 Å². The van der Waals surface area contributed by atoms with Crippen molar-refractivity contribution in [2.24, 2.45) is 14.1 Å². The third kappa shape index (κ3) is 3.95. The van der Waals surface area contributed by atoms with Crippen molar-refractivity contribution >= 4 is 17.1 Å². The summed E-state index contributed by atoms with van der Waals surface area (Å²) in [5, 5.41) is 12.2. The minimum Gasteiger partial charge on any atom is -0.457 e. The maximum absolute atomic E-state index is 12.9. The monoisotopic (exact) mass is 421 g/mol. The van der Waals surface area contributed by atoms with E-state index in [4.69, 9.17) is 4.74 Å². The number of para-hydroxylation sites is 1. The summed E-state index contributed by atoms with van der Waals surface area (Å²) in [6, 6.07) is 17.0. The number of imidazole rings is 1. The molecular formula is C22H23N5O4. The number of hydrogen-bond donors (Lipinski definition) is 2. The highest BCUT2D eigenvalue weighted by molar-refractivity contribution is 5.74. The molecule has 0 bridgehead atoms. The Balaban J connectivity index is 1.78. The van der Waals surface area contributed by atoms with Gasteiger partial charge in [0, 0.05) is 20.6 Å². The number of aliphatic hydroxyl groups is 1. The maximum atomic E-state index is 12.9. The molecule has 2 aromatic carbocycles. The molecule has 0 saturated carbocycles. The van der Waals surface area contributed by atoms with E-state index in [1.807, 2.05) is 54.6 Å². The fourth-order valence-corrected chi connectivity index (χ4v) is 3.42. The van der Waals surface area contributed by atoms with Crippen LogP contribution in [0.25, 0.3) is 11.2 Å². The minimum atomic E-state index is -0.450. The van der Waals surface area contributed by atoms with Crippen molar-refractivity contribution in [2.75, 3.05) is 18.5 Å². The first-order chi connectivity index (χ1) is 15.0. The number of hydrogen-bond acceptors (Lipinski definition) is 6. The zero-order valence-corrected chi connectivity index (χ0v) is 17.3. The maximum Gasteiger partial charge on any atom is 0.332 e. The van der Waals surface area contributed by atoms with Gasteiger partial charge in [-0.25, -0.2) is 4.79 Å². The van der Waals surface area contributed by atoms with Gasteiger partial charge in [0.2, 0.25) is 5.95 Å². The lowest BCUT2D eigenvalue weighted by molar-refractivity contribution is 0.310. The molecule has 4 aromatic rings. The highest BCUT2D eigenvalue weighted by Gasteiger charge is 2.19. The summed E-state index contributed by atoms with van der Waals surface area (Å²) in [4.78, 5) is 29.7. The summed E-state index contributed by atoms with van der Waals surface area (Å²) < 4.78 is 10.0. The van der Waals surface area contributed by atoms with Gasteiger partial charge in [-0.3, -0.25) is 18.5 Å². The first-order valence-electron chi connectivity index (χ1n) is 9.82. The highest BCUT2D eigenvalue weighted by atomic mass is 16.5. The molecule has 0 fully saturated rings. The Hall–Kier alpha value is -3.85. The zero-order valence-electron chi connectivity index (χ0n) is 17.3. The Bertz CT molecular complexity index is 1340. The normalized spacial score (nSPS) is 11.1. The molecule has 9 heteroatoms. The van der Waals surface area contributed by atoms with Crippen molar-refractivity contribution in [1.82, 2.24) is 18.7 Å². The van der Waals surface area contributed by atoms with Crippen LogP contribution in [0.4, 0.5) is 5.95 Å². The van der Waals surface area contributed by atoms with Crippen LogP contribution in [0, 0.1) is 0 Å². The van der Waals surface area contributed by atoms with Gasteiger partial charge in [0.15, 0.2) is 11.2 Å². The number of aryl methyl sites for hydroxylation is 1. The third-order valence-corrected chi connectivity index (χ3v) is 4.96. The number of aliphatic hydroxyl groups excluding tert-OH is 1.